The zero-order chi connectivity index (χ0) is 11.1. The predicted octanol–water partition coefficient (Wildman–Crippen LogP) is 0.813. The Bertz CT molecular complexity index is 201. The summed E-state index contributed by atoms with van der Waals surface area (Å²) in [6, 6.07) is 0. The van der Waals surface area contributed by atoms with Crippen molar-refractivity contribution in [2.45, 2.75) is 27.1 Å². The Labute approximate surface area is 90.3 Å². The number of hydroxylamine groups is 4. The highest BCUT2D eigenvalue weighted by atomic mass is 16.7. The average Bonchev–Trinajstić information content (AvgIpc) is 2.23. The van der Waals surface area contributed by atoms with Crippen molar-refractivity contribution in [2.24, 2.45) is 4.99 Å². The number of rotatable bonds is 6. The van der Waals surface area contributed by atoms with E-state index in [0.717, 1.165) is 0 Å². The Morgan fingerprint density at radius 3 is 2.53 bits per heavy atom. The van der Waals surface area contributed by atoms with Crippen LogP contribution >= 0.6 is 0 Å². The molecule has 1 aliphatic rings. The standard InChI is InChI=1S/C9H19N3O3/c1-4-13-9-10-7-11(14-5-2)8-12(9)15-6-3/h7,9H,4-6,8H2,1-3H3. The van der Waals surface area contributed by atoms with E-state index in [0.29, 0.717) is 26.5 Å². The first-order chi connectivity index (χ1) is 7.31. The molecule has 0 aromatic heterocycles. The van der Waals surface area contributed by atoms with Gasteiger partial charge in [-0.3, -0.25) is 9.68 Å². The van der Waals surface area contributed by atoms with Crippen LogP contribution in [0.3, 0.4) is 0 Å². The monoisotopic (exact) mass is 217 g/mol. The first-order valence-electron chi connectivity index (χ1n) is 5.25. The molecule has 1 rings (SSSR count). The van der Waals surface area contributed by atoms with Gasteiger partial charge in [-0.2, -0.15) is 0 Å². The SMILES string of the molecule is CCOC1N=CN(OCC)CN1OCC. The molecule has 1 unspecified atom stereocenters. The lowest BCUT2D eigenvalue weighted by Crippen LogP contribution is -2.47. The summed E-state index contributed by atoms with van der Waals surface area (Å²) in [7, 11) is 0. The molecule has 6 nitrogen and oxygen atoms in total. The Kier molecular flexibility index (Phi) is 5.56. The van der Waals surface area contributed by atoms with Gasteiger partial charge in [0.2, 0.25) is 6.35 Å². The summed E-state index contributed by atoms with van der Waals surface area (Å²) in [4.78, 5) is 14.9. The minimum absolute atomic E-state index is 0.369. The van der Waals surface area contributed by atoms with E-state index in [4.69, 9.17) is 14.4 Å². The topological polar surface area (TPSA) is 46.5 Å². The fourth-order valence-corrected chi connectivity index (χ4v) is 1.24. The smallest absolute Gasteiger partial charge is 0.232 e. The highest BCUT2D eigenvalue weighted by Gasteiger charge is 2.24. The normalized spacial score (nSPS) is 22.3. The van der Waals surface area contributed by atoms with Crippen molar-refractivity contribution in [3.63, 3.8) is 0 Å². The molecular weight excluding hydrogens is 198 g/mol. The third-order valence-electron chi connectivity index (χ3n) is 1.75. The maximum atomic E-state index is 5.40. The van der Waals surface area contributed by atoms with Crippen molar-refractivity contribution >= 4 is 6.34 Å². The molecule has 15 heavy (non-hydrogen) atoms. The summed E-state index contributed by atoms with van der Waals surface area (Å²) < 4.78 is 5.40. The van der Waals surface area contributed by atoms with Gasteiger partial charge in [0.25, 0.3) is 0 Å². The van der Waals surface area contributed by atoms with Crippen LogP contribution in [0.4, 0.5) is 0 Å². The Morgan fingerprint density at radius 1 is 1.20 bits per heavy atom. The maximum absolute atomic E-state index is 5.40. The van der Waals surface area contributed by atoms with Gasteiger partial charge >= 0.3 is 0 Å². The highest BCUT2D eigenvalue weighted by Crippen LogP contribution is 2.10. The van der Waals surface area contributed by atoms with E-state index >= 15 is 0 Å². The lowest BCUT2D eigenvalue weighted by atomic mass is 10.7. The minimum Gasteiger partial charge on any atom is -0.342 e. The van der Waals surface area contributed by atoms with Gasteiger partial charge in [0.1, 0.15) is 13.0 Å². The van der Waals surface area contributed by atoms with Gasteiger partial charge in [0.05, 0.1) is 13.2 Å². The van der Waals surface area contributed by atoms with Crippen LogP contribution in [-0.2, 0) is 14.4 Å². The molecule has 1 atom stereocenters. The number of hydrogen-bond acceptors (Lipinski definition) is 6. The van der Waals surface area contributed by atoms with Gasteiger partial charge in [-0.15, -0.1) is 5.06 Å². The summed E-state index contributed by atoms with van der Waals surface area (Å²) in [5.74, 6) is 0. The van der Waals surface area contributed by atoms with E-state index < -0.39 is 0 Å². The second-order valence-electron chi connectivity index (χ2n) is 2.86. The molecule has 0 saturated heterocycles. The molecule has 0 bridgehead atoms. The zero-order valence-electron chi connectivity index (χ0n) is 9.55. The molecular formula is C9H19N3O3. The van der Waals surface area contributed by atoms with Crippen molar-refractivity contribution in [1.29, 1.82) is 0 Å². The van der Waals surface area contributed by atoms with Crippen molar-refractivity contribution < 1.29 is 14.4 Å². The molecule has 6 heteroatoms. The second kappa shape index (κ2) is 6.73. The zero-order valence-corrected chi connectivity index (χ0v) is 9.55. The summed E-state index contributed by atoms with van der Waals surface area (Å²) in [6.07, 6.45) is 1.26. The number of ether oxygens (including phenoxy) is 1. The van der Waals surface area contributed by atoms with Gasteiger partial charge in [-0.05, 0) is 20.8 Å². The van der Waals surface area contributed by atoms with Gasteiger partial charge in [-0.25, -0.2) is 10.1 Å². The largest absolute Gasteiger partial charge is 0.342 e. The van der Waals surface area contributed by atoms with Crippen LogP contribution in [0.1, 0.15) is 20.8 Å². The second-order valence-corrected chi connectivity index (χ2v) is 2.86. The van der Waals surface area contributed by atoms with Gasteiger partial charge in [0.15, 0.2) is 0 Å². The van der Waals surface area contributed by atoms with Crippen molar-refractivity contribution in [3.05, 3.63) is 0 Å². The Morgan fingerprint density at radius 2 is 1.93 bits per heavy atom. The maximum Gasteiger partial charge on any atom is 0.232 e. The first-order valence-corrected chi connectivity index (χ1v) is 5.25. The van der Waals surface area contributed by atoms with Gasteiger partial charge in [0, 0.05) is 6.61 Å². The number of nitrogens with zero attached hydrogens (tertiary/aromatic N) is 3. The highest BCUT2D eigenvalue weighted by molar-refractivity contribution is 5.54. The first kappa shape index (κ1) is 12.4. The summed E-state index contributed by atoms with van der Waals surface area (Å²) in [5.41, 5.74) is 0. The van der Waals surface area contributed by atoms with Crippen LogP contribution < -0.4 is 0 Å². The third-order valence-corrected chi connectivity index (χ3v) is 1.75. The molecule has 0 aromatic rings. The molecule has 1 heterocycles. The quantitative estimate of drug-likeness (QED) is 0.659. The van der Waals surface area contributed by atoms with Gasteiger partial charge in [-0.1, -0.05) is 0 Å². The molecule has 1 aliphatic heterocycles. The summed E-state index contributed by atoms with van der Waals surface area (Å²) >= 11 is 0. The van der Waals surface area contributed by atoms with Crippen molar-refractivity contribution in [2.75, 3.05) is 26.5 Å². The molecule has 0 aromatic carbocycles. The van der Waals surface area contributed by atoms with E-state index in [9.17, 15) is 0 Å². The molecule has 0 amide bonds. The van der Waals surface area contributed by atoms with E-state index in [-0.39, 0.29) is 6.35 Å². The third kappa shape index (κ3) is 3.75. The number of aliphatic imine (C=N–C) groups is 1. The molecule has 0 fully saturated rings. The predicted molar refractivity (Wildman–Crippen MR) is 55.7 cm³/mol. The molecule has 0 saturated carbocycles. The fraction of sp³-hybridized carbons (Fsp3) is 0.889. The van der Waals surface area contributed by atoms with E-state index in [1.807, 2.05) is 20.8 Å². The van der Waals surface area contributed by atoms with Crippen LogP contribution in [0.5, 0.6) is 0 Å². The van der Waals surface area contributed by atoms with Crippen LogP contribution in [0.2, 0.25) is 0 Å². The van der Waals surface area contributed by atoms with Crippen molar-refractivity contribution in [3.8, 4) is 0 Å². The van der Waals surface area contributed by atoms with Crippen LogP contribution in [0.15, 0.2) is 4.99 Å². The van der Waals surface area contributed by atoms with Crippen LogP contribution in [0.25, 0.3) is 0 Å². The fourth-order valence-electron chi connectivity index (χ4n) is 1.24. The van der Waals surface area contributed by atoms with Crippen LogP contribution in [0, 0.1) is 0 Å². The van der Waals surface area contributed by atoms with E-state index in [2.05, 4.69) is 4.99 Å². The average molecular weight is 217 g/mol. The van der Waals surface area contributed by atoms with E-state index in [1.54, 1.807) is 16.5 Å². The summed E-state index contributed by atoms with van der Waals surface area (Å²) in [6.45, 7) is 8.05. The summed E-state index contributed by atoms with van der Waals surface area (Å²) in [5, 5.41) is 3.27. The molecule has 0 spiro atoms. The molecule has 0 N–H and O–H groups in total. The molecule has 0 radical (unpaired) electrons. The van der Waals surface area contributed by atoms with E-state index in [1.165, 1.54) is 0 Å². The minimum atomic E-state index is -0.369. The Balaban J connectivity index is 2.52. The lowest BCUT2D eigenvalue weighted by molar-refractivity contribution is -0.294. The molecule has 88 valence electrons. The van der Waals surface area contributed by atoms with Crippen LogP contribution in [-0.4, -0.2) is 49.3 Å². The van der Waals surface area contributed by atoms with Crippen molar-refractivity contribution in [1.82, 2.24) is 10.1 Å². The molecule has 0 aliphatic carbocycles. The van der Waals surface area contributed by atoms with Gasteiger partial charge < -0.3 is 4.74 Å². The Hall–Kier alpha value is -0.690. The lowest BCUT2D eigenvalue weighted by Gasteiger charge is -2.34. The number of hydrogen-bond donors (Lipinski definition) is 0.